The van der Waals surface area contributed by atoms with E-state index < -0.39 is 12.2 Å². The van der Waals surface area contributed by atoms with E-state index >= 15 is 0 Å². The van der Waals surface area contributed by atoms with Crippen LogP contribution in [0.5, 0.6) is 0 Å². The number of carbonyl (C=O) groups excluding carboxylic acids is 1. The molecule has 2 aliphatic rings. The number of rotatable bonds is 9. The van der Waals surface area contributed by atoms with Crippen LogP contribution < -0.4 is 10.6 Å². The Morgan fingerprint density at radius 3 is 3.07 bits per heavy atom. The van der Waals surface area contributed by atoms with Crippen molar-refractivity contribution >= 4 is 17.5 Å². The van der Waals surface area contributed by atoms with Crippen LogP contribution in [0.15, 0.2) is 18.5 Å². The van der Waals surface area contributed by atoms with Gasteiger partial charge in [0, 0.05) is 56.1 Å². The maximum atomic E-state index is 11.9. The second-order valence-corrected chi connectivity index (χ2v) is 7.21. The molecule has 150 valence electrons. The first-order valence-electron chi connectivity index (χ1n) is 9.12. The van der Waals surface area contributed by atoms with Crippen molar-refractivity contribution in [2.75, 3.05) is 26.8 Å². The van der Waals surface area contributed by atoms with Crippen LogP contribution in [0.25, 0.3) is 0 Å². The van der Waals surface area contributed by atoms with Crippen LogP contribution in [0.3, 0.4) is 0 Å². The topological polar surface area (TPSA) is 102 Å². The van der Waals surface area contributed by atoms with Crippen LogP contribution in [0.4, 0.5) is 0 Å². The average molecular weight is 400 g/mol. The molecule has 0 spiro atoms. The van der Waals surface area contributed by atoms with Gasteiger partial charge in [0.15, 0.2) is 0 Å². The first kappa shape index (κ1) is 20.4. The van der Waals surface area contributed by atoms with E-state index in [1.165, 1.54) is 0 Å². The van der Waals surface area contributed by atoms with Gasteiger partial charge >= 0.3 is 0 Å². The van der Waals surface area contributed by atoms with Crippen molar-refractivity contribution < 1.29 is 24.1 Å². The number of nitrogens with one attached hydrogen (secondary N) is 2. The maximum absolute atomic E-state index is 11.9. The third-order valence-corrected chi connectivity index (χ3v) is 5.19. The molecular formula is C18H26ClN3O5. The number of fused-ring (bicyclic) bond motifs is 1. The Hall–Kier alpha value is -1.29. The molecular weight excluding hydrogens is 374 g/mol. The van der Waals surface area contributed by atoms with E-state index in [9.17, 15) is 9.90 Å². The molecule has 5 unspecified atom stereocenters. The fourth-order valence-corrected chi connectivity index (χ4v) is 3.64. The van der Waals surface area contributed by atoms with Gasteiger partial charge in [-0.2, -0.15) is 0 Å². The highest BCUT2D eigenvalue weighted by Crippen LogP contribution is 2.35. The Morgan fingerprint density at radius 2 is 2.33 bits per heavy atom. The molecule has 8 nitrogen and oxygen atoms in total. The highest BCUT2D eigenvalue weighted by atomic mass is 35.5. The molecule has 3 heterocycles. The zero-order valence-electron chi connectivity index (χ0n) is 15.3. The van der Waals surface area contributed by atoms with Crippen LogP contribution in [-0.4, -0.2) is 73.3 Å². The molecule has 27 heavy (non-hydrogen) atoms. The maximum Gasteiger partial charge on any atom is 0.222 e. The summed E-state index contributed by atoms with van der Waals surface area (Å²) in [4.78, 5) is 15.9. The summed E-state index contributed by atoms with van der Waals surface area (Å²) in [7, 11) is 1.59. The van der Waals surface area contributed by atoms with Crippen molar-refractivity contribution in [3.8, 4) is 0 Å². The summed E-state index contributed by atoms with van der Waals surface area (Å²) in [6, 6.07) is 1.74. The van der Waals surface area contributed by atoms with Gasteiger partial charge < -0.3 is 30.0 Å². The fourth-order valence-electron chi connectivity index (χ4n) is 3.47. The number of pyridine rings is 1. The van der Waals surface area contributed by atoms with E-state index in [2.05, 4.69) is 15.6 Å². The van der Waals surface area contributed by atoms with Gasteiger partial charge in [0.2, 0.25) is 5.91 Å². The first-order chi connectivity index (χ1) is 13.1. The van der Waals surface area contributed by atoms with Crippen LogP contribution in [0.1, 0.15) is 18.4 Å². The number of aromatic nitrogens is 1. The zero-order chi connectivity index (χ0) is 19.2. The highest BCUT2D eigenvalue weighted by Gasteiger charge is 2.50. The lowest BCUT2D eigenvalue weighted by atomic mass is 10.1. The van der Waals surface area contributed by atoms with Gasteiger partial charge in [0.05, 0.1) is 31.3 Å². The summed E-state index contributed by atoms with van der Waals surface area (Å²) in [5, 5.41) is 17.1. The molecule has 2 aliphatic heterocycles. The van der Waals surface area contributed by atoms with Gasteiger partial charge in [-0.15, -0.1) is 0 Å². The number of carbonyl (C=O) groups is 1. The molecule has 1 aromatic heterocycles. The Balaban J connectivity index is 1.39. The normalized spacial score (nSPS) is 29.7. The molecule has 0 bridgehead atoms. The van der Waals surface area contributed by atoms with Gasteiger partial charge in [0.25, 0.3) is 0 Å². The number of methoxy groups -OCH3 is 1. The van der Waals surface area contributed by atoms with Gasteiger partial charge in [-0.3, -0.25) is 9.78 Å². The predicted octanol–water partition coefficient (Wildman–Crippen LogP) is 0.263. The van der Waals surface area contributed by atoms with E-state index in [-0.39, 0.29) is 30.6 Å². The molecule has 2 saturated heterocycles. The number of aliphatic hydroxyl groups excluding tert-OH is 1. The van der Waals surface area contributed by atoms with Crippen LogP contribution in [-0.2, 0) is 25.5 Å². The summed E-state index contributed by atoms with van der Waals surface area (Å²) >= 11 is 6.10. The largest absolute Gasteiger partial charge is 0.388 e. The van der Waals surface area contributed by atoms with E-state index in [1.807, 2.05) is 0 Å². The predicted molar refractivity (Wildman–Crippen MR) is 98.4 cm³/mol. The zero-order valence-corrected chi connectivity index (χ0v) is 16.0. The number of aliphatic hydroxyl groups is 1. The van der Waals surface area contributed by atoms with Crippen molar-refractivity contribution in [1.82, 2.24) is 15.6 Å². The van der Waals surface area contributed by atoms with E-state index in [0.717, 1.165) is 5.56 Å². The summed E-state index contributed by atoms with van der Waals surface area (Å²) in [6.07, 6.45) is 2.31. The minimum Gasteiger partial charge on any atom is -0.388 e. The molecule has 0 radical (unpaired) electrons. The number of halogens is 1. The van der Waals surface area contributed by atoms with Crippen molar-refractivity contribution in [3.63, 3.8) is 0 Å². The molecule has 0 aromatic carbocycles. The lowest BCUT2D eigenvalue weighted by Gasteiger charge is -2.20. The Labute approximate surface area is 163 Å². The summed E-state index contributed by atoms with van der Waals surface area (Å²) < 4.78 is 16.7. The number of amides is 1. The first-order valence-corrected chi connectivity index (χ1v) is 9.50. The Bertz CT molecular complexity index is 635. The van der Waals surface area contributed by atoms with Crippen LogP contribution in [0.2, 0.25) is 5.02 Å². The number of nitrogens with zero attached hydrogens (tertiary/aromatic N) is 1. The van der Waals surface area contributed by atoms with Crippen LogP contribution in [0, 0.1) is 0 Å². The highest BCUT2D eigenvalue weighted by molar-refractivity contribution is 6.31. The molecule has 0 saturated carbocycles. The minimum atomic E-state index is -0.728. The average Bonchev–Trinajstić information content (AvgIpc) is 3.16. The van der Waals surface area contributed by atoms with E-state index in [0.29, 0.717) is 37.7 Å². The van der Waals surface area contributed by atoms with Crippen molar-refractivity contribution in [2.45, 2.75) is 49.9 Å². The molecule has 3 rings (SSSR count). The smallest absolute Gasteiger partial charge is 0.222 e. The van der Waals surface area contributed by atoms with Gasteiger partial charge in [-0.25, -0.2) is 0 Å². The molecule has 3 N–H and O–H groups in total. The minimum absolute atomic E-state index is 0.0851. The quantitative estimate of drug-likeness (QED) is 0.512. The Kier molecular flexibility index (Phi) is 7.40. The monoisotopic (exact) mass is 399 g/mol. The Morgan fingerprint density at radius 1 is 1.48 bits per heavy atom. The number of ether oxygens (including phenoxy) is 3. The summed E-state index contributed by atoms with van der Waals surface area (Å²) in [5.41, 5.74) is 0.891. The third-order valence-electron chi connectivity index (χ3n) is 4.82. The van der Waals surface area contributed by atoms with Crippen LogP contribution >= 0.6 is 11.6 Å². The van der Waals surface area contributed by atoms with E-state index in [1.54, 1.807) is 25.6 Å². The van der Waals surface area contributed by atoms with Crippen molar-refractivity contribution in [1.29, 1.82) is 0 Å². The second kappa shape index (κ2) is 9.77. The second-order valence-electron chi connectivity index (χ2n) is 6.81. The molecule has 2 fully saturated rings. The van der Waals surface area contributed by atoms with E-state index in [4.69, 9.17) is 25.8 Å². The van der Waals surface area contributed by atoms with Gasteiger partial charge in [-0.05, 0) is 6.07 Å². The van der Waals surface area contributed by atoms with Crippen molar-refractivity contribution in [3.05, 3.63) is 29.0 Å². The molecule has 1 aromatic rings. The lowest BCUT2D eigenvalue weighted by molar-refractivity contribution is -0.124. The molecule has 0 aliphatic carbocycles. The van der Waals surface area contributed by atoms with Crippen molar-refractivity contribution in [2.24, 2.45) is 0 Å². The lowest BCUT2D eigenvalue weighted by Crippen LogP contribution is -2.39. The number of hydrogen-bond acceptors (Lipinski definition) is 7. The fraction of sp³-hybridized carbons (Fsp3) is 0.667. The summed E-state index contributed by atoms with van der Waals surface area (Å²) in [5.74, 6) is -0.0851. The summed E-state index contributed by atoms with van der Waals surface area (Å²) in [6.45, 7) is 1.97. The molecule has 9 heteroatoms. The van der Waals surface area contributed by atoms with Gasteiger partial charge in [-0.1, -0.05) is 11.6 Å². The SMILES string of the molecule is COCCNC(=O)CC1CC2OC(CNCc3cnccc3Cl)C(O)C2O1. The molecule has 5 atom stereocenters. The third kappa shape index (κ3) is 5.37. The molecule has 1 amide bonds. The standard InChI is InChI=1S/C18H26ClN3O5/c1-25-5-4-22-16(23)7-12-6-14-18(26-12)17(24)15(27-14)10-21-9-11-8-20-3-2-13(11)19/h2-3,8,12,14-15,17-18,21,24H,4-7,9-10H2,1H3,(H,22,23). The number of hydrogen-bond donors (Lipinski definition) is 3. The van der Waals surface area contributed by atoms with Gasteiger partial charge in [0.1, 0.15) is 12.2 Å².